The van der Waals surface area contributed by atoms with E-state index in [-0.39, 0.29) is 23.5 Å². The third kappa shape index (κ3) is 4.37. The first kappa shape index (κ1) is 22.3. The first-order chi connectivity index (χ1) is 13.5. The van der Waals surface area contributed by atoms with Crippen LogP contribution in [0.2, 0.25) is 0 Å². The highest BCUT2D eigenvalue weighted by Crippen LogP contribution is 2.44. The van der Waals surface area contributed by atoms with E-state index < -0.39 is 23.3 Å². The van der Waals surface area contributed by atoms with Crippen LogP contribution in [-0.2, 0) is 16.1 Å². The average Bonchev–Trinajstić information content (AvgIpc) is 2.66. The van der Waals surface area contributed by atoms with Crippen molar-refractivity contribution in [3.05, 3.63) is 66.2 Å². The van der Waals surface area contributed by atoms with E-state index in [9.17, 15) is 23.1 Å². The molecule has 0 heterocycles. The number of benzene rings is 2. The van der Waals surface area contributed by atoms with Gasteiger partial charge in [0.2, 0.25) is 0 Å². The zero-order valence-corrected chi connectivity index (χ0v) is 16.2. The van der Waals surface area contributed by atoms with Crippen LogP contribution in [0.1, 0.15) is 18.1 Å². The monoisotopic (exact) mass is 408 g/mol. The number of carbonyl (C=O) groups excluding carboxylic acids is 1. The topological polar surface area (TPSA) is 75.8 Å². The van der Waals surface area contributed by atoms with Crippen molar-refractivity contribution >= 4 is 22.9 Å². The minimum atomic E-state index is -5.34. The van der Waals surface area contributed by atoms with E-state index >= 15 is 0 Å². The Morgan fingerprint density at radius 1 is 1.17 bits per heavy atom. The van der Waals surface area contributed by atoms with Gasteiger partial charge in [-0.25, -0.2) is 4.79 Å². The van der Waals surface area contributed by atoms with Gasteiger partial charge in [-0.3, -0.25) is 0 Å². The summed E-state index contributed by atoms with van der Waals surface area (Å²) in [6.45, 7) is 4.75. The molecular formula is C21H23F3N2O3. The quantitative estimate of drug-likeness (QED) is 0.539. The fraction of sp³-hybridized carbons (Fsp3) is 0.286. The number of rotatable bonds is 7. The van der Waals surface area contributed by atoms with Gasteiger partial charge in [0.1, 0.15) is 0 Å². The van der Waals surface area contributed by atoms with Crippen LogP contribution in [0, 0.1) is 0 Å². The third-order valence-corrected chi connectivity index (χ3v) is 4.45. The maximum Gasteiger partial charge on any atom is 0.432 e. The second-order valence-electron chi connectivity index (χ2n) is 6.49. The molecule has 0 aromatic heterocycles. The summed E-state index contributed by atoms with van der Waals surface area (Å²) in [6, 6.07) is 13.5. The van der Waals surface area contributed by atoms with Crippen LogP contribution in [0.4, 0.5) is 24.5 Å². The van der Waals surface area contributed by atoms with Gasteiger partial charge < -0.3 is 20.5 Å². The van der Waals surface area contributed by atoms with Gasteiger partial charge >= 0.3 is 12.1 Å². The number of nitrogens with two attached hydrogens (primary N) is 1. The molecule has 2 rings (SSSR count). The summed E-state index contributed by atoms with van der Waals surface area (Å²) < 4.78 is 45.7. The summed E-state index contributed by atoms with van der Waals surface area (Å²) in [5.74, 6) is -1.84. The van der Waals surface area contributed by atoms with Crippen LogP contribution in [0.15, 0.2) is 55.1 Å². The van der Waals surface area contributed by atoms with Crippen molar-refractivity contribution in [3.8, 4) is 0 Å². The van der Waals surface area contributed by atoms with Crippen molar-refractivity contribution in [2.75, 3.05) is 24.3 Å². The van der Waals surface area contributed by atoms with Crippen LogP contribution in [0.5, 0.6) is 0 Å². The van der Waals surface area contributed by atoms with Crippen LogP contribution in [-0.4, -0.2) is 36.5 Å². The standard InChI is InChI=1S/C21H23F3N2O3/c1-4-29-19(27)20(28,21(22,23)24)14(2)16-11-8-12-17(25)18(16)26(3)13-15-9-6-5-7-10-15/h5-12,28H,2,4,13,25H2,1,3H3. The minimum absolute atomic E-state index is 0.101. The maximum absolute atomic E-state index is 13.7. The zero-order chi connectivity index (χ0) is 21.8. The molecule has 0 aliphatic carbocycles. The molecule has 0 saturated heterocycles. The predicted octanol–water partition coefficient (Wildman–Crippen LogP) is 3.77. The number of halogens is 3. The van der Waals surface area contributed by atoms with Crippen molar-refractivity contribution in [3.63, 3.8) is 0 Å². The van der Waals surface area contributed by atoms with Gasteiger partial charge in [0.05, 0.1) is 18.0 Å². The number of nitrogen functional groups attached to an aromatic ring is 1. The SMILES string of the molecule is C=C(c1cccc(N)c1N(C)Cc1ccccc1)C(O)(C(=O)OCC)C(F)(F)F. The molecular weight excluding hydrogens is 385 g/mol. The molecule has 0 radical (unpaired) electrons. The lowest BCUT2D eigenvalue weighted by Gasteiger charge is -2.33. The van der Waals surface area contributed by atoms with E-state index in [0.29, 0.717) is 6.54 Å². The molecule has 3 N–H and O–H groups in total. The number of para-hydroxylation sites is 1. The zero-order valence-electron chi connectivity index (χ0n) is 16.2. The number of anilines is 2. The van der Waals surface area contributed by atoms with Gasteiger partial charge in [0, 0.05) is 24.7 Å². The summed E-state index contributed by atoms with van der Waals surface area (Å²) >= 11 is 0. The number of aliphatic hydroxyl groups is 1. The molecule has 0 aliphatic rings. The number of esters is 1. The van der Waals surface area contributed by atoms with Crippen molar-refractivity contribution < 1.29 is 27.8 Å². The van der Waals surface area contributed by atoms with Crippen LogP contribution in [0.3, 0.4) is 0 Å². The van der Waals surface area contributed by atoms with Crippen molar-refractivity contribution in [1.29, 1.82) is 0 Å². The lowest BCUT2D eigenvalue weighted by atomic mass is 9.87. The smallest absolute Gasteiger partial charge is 0.432 e. The summed E-state index contributed by atoms with van der Waals surface area (Å²) in [6.07, 6.45) is -5.34. The number of alkyl halides is 3. The van der Waals surface area contributed by atoms with Crippen molar-refractivity contribution in [1.82, 2.24) is 0 Å². The second-order valence-corrected chi connectivity index (χ2v) is 6.49. The lowest BCUT2D eigenvalue weighted by Crippen LogP contribution is -2.53. The summed E-state index contributed by atoms with van der Waals surface area (Å²) in [5, 5.41) is 10.4. The van der Waals surface area contributed by atoms with Gasteiger partial charge in [-0.05, 0) is 18.6 Å². The van der Waals surface area contributed by atoms with E-state index in [1.54, 1.807) is 11.9 Å². The Bertz CT molecular complexity index is 884. The van der Waals surface area contributed by atoms with E-state index in [2.05, 4.69) is 11.3 Å². The average molecular weight is 408 g/mol. The van der Waals surface area contributed by atoms with E-state index in [0.717, 1.165) is 5.56 Å². The van der Waals surface area contributed by atoms with E-state index in [1.807, 2.05) is 30.3 Å². The molecule has 156 valence electrons. The molecule has 0 aliphatic heterocycles. The number of hydrogen-bond donors (Lipinski definition) is 2. The number of ether oxygens (including phenoxy) is 1. The van der Waals surface area contributed by atoms with Gasteiger partial charge in [-0.1, -0.05) is 49.0 Å². The highest BCUT2D eigenvalue weighted by atomic mass is 19.4. The number of nitrogens with zero attached hydrogens (tertiary/aromatic N) is 1. The lowest BCUT2D eigenvalue weighted by molar-refractivity contribution is -0.242. The van der Waals surface area contributed by atoms with E-state index in [4.69, 9.17) is 5.73 Å². The van der Waals surface area contributed by atoms with Gasteiger partial charge in [-0.2, -0.15) is 13.2 Å². The molecule has 0 amide bonds. The first-order valence-electron chi connectivity index (χ1n) is 8.83. The molecule has 2 aromatic carbocycles. The van der Waals surface area contributed by atoms with Crippen LogP contribution in [0.25, 0.3) is 5.57 Å². The molecule has 0 fully saturated rings. The molecule has 0 saturated carbocycles. The predicted molar refractivity (Wildman–Crippen MR) is 106 cm³/mol. The first-order valence-corrected chi connectivity index (χ1v) is 8.83. The highest BCUT2D eigenvalue weighted by molar-refractivity contribution is 6.00. The molecule has 5 nitrogen and oxygen atoms in total. The Morgan fingerprint density at radius 2 is 1.79 bits per heavy atom. The third-order valence-electron chi connectivity index (χ3n) is 4.45. The fourth-order valence-corrected chi connectivity index (χ4v) is 3.01. The fourth-order valence-electron chi connectivity index (χ4n) is 3.01. The number of carbonyl (C=O) groups is 1. The second kappa shape index (κ2) is 8.57. The largest absolute Gasteiger partial charge is 0.463 e. The van der Waals surface area contributed by atoms with Crippen molar-refractivity contribution in [2.24, 2.45) is 0 Å². The highest BCUT2D eigenvalue weighted by Gasteiger charge is 2.63. The molecule has 8 heteroatoms. The molecule has 0 bridgehead atoms. The van der Waals surface area contributed by atoms with Crippen LogP contribution < -0.4 is 10.6 Å². The Labute approximate surface area is 167 Å². The minimum Gasteiger partial charge on any atom is -0.463 e. The van der Waals surface area contributed by atoms with Crippen LogP contribution >= 0.6 is 0 Å². The van der Waals surface area contributed by atoms with Gasteiger partial charge in [0.25, 0.3) is 5.60 Å². The summed E-state index contributed by atoms with van der Waals surface area (Å²) in [4.78, 5) is 13.7. The Balaban J connectivity index is 2.54. The molecule has 2 aromatic rings. The number of hydrogen-bond acceptors (Lipinski definition) is 5. The molecule has 1 unspecified atom stereocenters. The molecule has 1 atom stereocenters. The van der Waals surface area contributed by atoms with Gasteiger partial charge in [-0.15, -0.1) is 0 Å². The van der Waals surface area contributed by atoms with Crippen molar-refractivity contribution in [2.45, 2.75) is 25.2 Å². The summed E-state index contributed by atoms with van der Waals surface area (Å²) in [7, 11) is 1.65. The summed E-state index contributed by atoms with van der Waals surface area (Å²) in [5.41, 5.74) is 2.47. The molecule has 29 heavy (non-hydrogen) atoms. The Morgan fingerprint density at radius 3 is 2.34 bits per heavy atom. The normalized spacial score (nSPS) is 13.4. The Kier molecular flexibility index (Phi) is 6.58. The van der Waals surface area contributed by atoms with Gasteiger partial charge in [0.15, 0.2) is 0 Å². The van der Waals surface area contributed by atoms with E-state index in [1.165, 1.54) is 25.1 Å². The molecule has 0 spiro atoms. The Hall–Kier alpha value is -3.00. The maximum atomic E-state index is 13.7.